The van der Waals surface area contributed by atoms with Crippen molar-refractivity contribution < 1.29 is 14.6 Å². The molecule has 2 aliphatic rings. The average molecular weight is 312 g/mol. The largest absolute Gasteiger partial charge is 0.444 e. The number of likely N-dealkylation sites (tertiary alicyclic amines) is 1. The number of aliphatic hydroxyl groups is 1. The molecular weight excluding hydrogens is 280 g/mol. The lowest BCUT2D eigenvalue weighted by atomic mass is 9.91. The quantitative estimate of drug-likeness (QED) is 0.840. The van der Waals surface area contributed by atoms with Crippen molar-refractivity contribution >= 4 is 6.09 Å². The maximum atomic E-state index is 12.2. The predicted molar refractivity (Wildman–Crippen MR) is 86.8 cm³/mol. The third kappa shape index (κ3) is 5.43. The number of amides is 1. The Labute approximate surface area is 134 Å². The first-order valence-corrected chi connectivity index (χ1v) is 8.74. The molecule has 0 aromatic rings. The van der Waals surface area contributed by atoms with Crippen molar-refractivity contribution in [1.82, 2.24) is 10.2 Å². The molecule has 1 saturated heterocycles. The van der Waals surface area contributed by atoms with Gasteiger partial charge >= 0.3 is 6.09 Å². The van der Waals surface area contributed by atoms with Crippen molar-refractivity contribution in [2.24, 2.45) is 5.92 Å². The number of carbonyl (C=O) groups excluding carboxylic acids is 1. The highest BCUT2D eigenvalue weighted by molar-refractivity contribution is 5.68. The Morgan fingerprint density at radius 1 is 1.23 bits per heavy atom. The highest BCUT2D eigenvalue weighted by Gasteiger charge is 2.29. The van der Waals surface area contributed by atoms with E-state index in [-0.39, 0.29) is 18.2 Å². The van der Waals surface area contributed by atoms with Crippen LogP contribution in [0.5, 0.6) is 0 Å². The van der Waals surface area contributed by atoms with Gasteiger partial charge in [0.25, 0.3) is 0 Å². The van der Waals surface area contributed by atoms with Crippen LogP contribution >= 0.6 is 0 Å². The summed E-state index contributed by atoms with van der Waals surface area (Å²) < 4.78 is 5.46. The first-order valence-electron chi connectivity index (χ1n) is 8.74. The van der Waals surface area contributed by atoms with Gasteiger partial charge in [0.15, 0.2) is 0 Å². The Morgan fingerprint density at radius 3 is 2.64 bits per heavy atom. The van der Waals surface area contributed by atoms with Gasteiger partial charge < -0.3 is 20.1 Å². The number of ether oxygens (including phenoxy) is 1. The molecule has 2 fully saturated rings. The van der Waals surface area contributed by atoms with Crippen LogP contribution in [-0.2, 0) is 4.74 Å². The van der Waals surface area contributed by atoms with Crippen molar-refractivity contribution in [1.29, 1.82) is 0 Å². The highest BCUT2D eigenvalue weighted by Crippen LogP contribution is 2.21. The number of nitrogens with zero attached hydrogens (tertiary/aromatic N) is 1. The van der Waals surface area contributed by atoms with Gasteiger partial charge in [0.2, 0.25) is 0 Å². The summed E-state index contributed by atoms with van der Waals surface area (Å²) in [7, 11) is 0. The molecule has 1 aliphatic heterocycles. The minimum atomic E-state index is -0.436. The molecule has 3 atom stereocenters. The lowest BCUT2D eigenvalue weighted by Gasteiger charge is -2.36. The van der Waals surface area contributed by atoms with Gasteiger partial charge in [-0.3, -0.25) is 0 Å². The second-order valence-corrected chi connectivity index (χ2v) is 7.80. The Morgan fingerprint density at radius 2 is 1.95 bits per heavy atom. The summed E-state index contributed by atoms with van der Waals surface area (Å²) in [6.45, 7) is 8.12. The standard InChI is InChI=1S/C17H32N2O3/c1-17(2,3)22-16(21)19-10-6-7-13(12-19)11-18-14-8-4-5-9-15(14)20/h13-15,18,20H,4-12H2,1-3H3. The molecule has 0 radical (unpaired) electrons. The minimum Gasteiger partial charge on any atom is -0.444 e. The predicted octanol–water partition coefficient (Wildman–Crippen LogP) is 2.53. The Kier molecular flexibility index (Phi) is 6.09. The molecule has 0 aromatic carbocycles. The van der Waals surface area contributed by atoms with Gasteiger partial charge in [-0.15, -0.1) is 0 Å². The maximum absolute atomic E-state index is 12.2. The fourth-order valence-electron chi connectivity index (χ4n) is 3.39. The molecule has 3 unspecified atom stereocenters. The van der Waals surface area contributed by atoms with Crippen LogP contribution in [0.25, 0.3) is 0 Å². The van der Waals surface area contributed by atoms with Crippen molar-refractivity contribution in [3.63, 3.8) is 0 Å². The topological polar surface area (TPSA) is 61.8 Å². The lowest BCUT2D eigenvalue weighted by molar-refractivity contribution is 0.0158. The first kappa shape index (κ1) is 17.5. The zero-order valence-corrected chi connectivity index (χ0v) is 14.3. The van der Waals surface area contributed by atoms with E-state index in [1.807, 2.05) is 25.7 Å². The molecule has 2 rings (SSSR count). The van der Waals surface area contributed by atoms with Gasteiger partial charge in [-0.1, -0.05) is 12.8 Å². The van der Waals surface area contributed by atoms with E-state index in [2.05, 4.69) is 5.32 Å². The molecule has 128 valence electrons. The number of rotatable bonds is 3. The summed E-state index contributed by atoms with van der Waals surface area (Å²) in [4.78, 5) is 14.0. The van der Waals surface area contributed by atoms with Crippen LogP contribution in [0.2, 0.25) is 0 Å². The van der Waals surface area contributed by atoms with Gasteiger partial charge in [0.05, 0.1) is 6.10 Å². The van der Waals surface area contributed by atoms with Crippen LogP contribution in [0.4, 0.5) is 4.79 Å². The lowest BCUT2D eigenvalue weighted by Crippen LogP contribution is -2.48. The average Bonchev–Trinajstić information content (AvgIpc) is 2.45. The summed E-state index contributed by atoms with van der Waals surface area (Å²) in [5.74, 6) is 0.454. The van der Waals surface area contributed by atoms with Crippen molar-refractivity contribution in [2.75, 3.05) is 19.6 Å². The Balaban J connectivity index is 1.76. The number of nitrogens with one attached hydrogen (secondary N) is 1. The number of hydrogen-bond donors (Lipinski definition) is 2. The third-order valence-electron chi connectivity index (χ3n) is 4.57. The molecule has 0 aromatic heterocycles. The zero-order valence-electron chi connectivity index (χ0n) is 14.3. The molecule has 0 bridgehead atoms. The van der Waals surface area contributed by atoms with E-state index >= 15 is 0 Å². The van der Waals surface area contributed by atoms with Gasteiger partial charge in [-0.2, -0.15) is 0 Å². The molecule has 1 saturated carbocycles. The molecule has 1 amide bonds. The zero-order chi connectivity index (χ0) is 16.2. The van der Waals surface area contributed by atoms with Crippen LogP contribution < -0.4 is 5.32 Å². The van der Waals surface area contributed by atoms with Gasteiger partial charge in [0, 0.05) is 25.7 Å². The Bertz CT molecular complexity index is 367. The van der Waals surface area contributed by atoms with E-state index in [0.717, 1.165) is 51.7 Å². The fraction of sp³-hybridized carbons (Fsp3) is 0.941. The van der Waals surface area contributed by atoms with Crippen LogP contribution in [0, 0.1) is 5.92 Å². The number of carbonyl (C=O) groups is 1. The summed E-state index contributed by atoms with van der Waals surface area (Å²) in [5.41, 5.74) is -0.436. The maximum Gasteiger partial charge on any atom is 0.410 e. The summed E-state index contributed by atoms with van der Waals surface area (Å²) in [5, 5.41) is 13.5. The van der Waals surface area contributed by atoms with Crippen LogP contribution in [0.3, 0.4) is 0 Å². The van der Waals surface area contributed by atoms with E-state index in [4.69, 9.17) is 4.74 Å². The van der Waals surface area contributed by atoms with Gasteiger partial charge in [-0.05, 0) is 52.4 Å². The van der Waals surface area contributed by atoms with Gasteiger partial charge in [0.1, 0.15) is 5.60 Å². The van der Waals surface area contributed by atoms with Crippen molar-refractivity contribution in [3.05, 3.63) is 0 Å². The molecule has 5 heteroatoms. The van der Waals surface area contributed by atoms with Crippen LogP contribution in [0.1, 0.15) is 59.3 Å². The summed E-state index contributed by atoms with van der Waals surface area (Å²) >= 11 is 0. The molecular formula is C17H32N2O3. The van der Waals surface area contributed by atoms with E-state index in [9.17, 15) is 9.90 Å². The molecule has 0 spiro atoms. The van der Waals surface area contributed by atoms with Crippen LogP contribution in [0.15, 0.2) is 0 Å². The first-order chi connectivity index (χ1) is 10.3. The van der Waals surface area contributed by atoms with E-state index < -0.39 is 5.60 Å². The third-order valence-corrected chi connectivity index (χ3v) is 4.57. The van der Waals surface area contributed by atoms with Crippen molar-refractivity contribution in [3.8, 4) is 0 Å². The normalized spacial score (nSPS) is 30.2. The number of hydrogen-bond acceptors (Lipinski definition) is 4. The number of aliphatic hydroxyl groups excluding tert-OH is 1. The monoisotopic (exact) mass is 312 g/mol. The van der Waals surface area contributed by atoms with E-state index in [1.54, 1.807) is 0 Å². The molecule has 2 N–H and O–H groups in total. The van der Waals surface area contributed by atoms with E-state index in [1.165, 1.54) is 6.42 Å². The van der Waals surface area contributed by atoms with Crippen LogP contribution in [-0.4, -0.2) is 53.5 Å². The molecule has 1 heterocycles. The summed E-state index contributed by atoms with van der Waals surface area (Å²) in [6, 6.07) is 0.227. The highest BCUT2D eigenvalue weighted by atomic mass is 16.6. The molecule has 5 nitrogen and oxygen atoms in total. The Hall–Kier alpha value is -0.810. The smallest absolute Gasteiger partial charge is 0.410 e. The molecule has 22 heavy (non-hydrogen) atoms. The second kappa shape index (κ2) is 7.64. The van der Waals surface area contributed by atoms with E-state index in [0.29, 0.717) is 5.92 Å². The minimum absolute atomic E-state index is 0.199. The van der Waals surface area contributed by atoms with Gasteiger partial charge in [-0.25, -0.2) is 4.79 Å². The number of piperidine rings is 1. The second-order valence-electron chi connectivity index (χ2n) is 7.80. The fourth-order valence-corrected chi connectivity index (χ4v) is 3.39. The van der Waals surface area contributed by atoms with Crippen molar-refractivity contribution in [2.45, 2.75) is 77.0 Å². The SMILES string of the molecule is CC(C)(C)OC(=O)N1CCCC(CNC2CCCCC2O)C1. The molecule has 1 aliphatic carbocycles. The summed E-state index contributed by atoms with van der Waals surface area (Å²) in [6.07, 6.45) is 6.05.